The number of halogens is 2. The third-order valence-corrected chi connectivity index (χ3v) is 8.49. The lowest BCUT2D eigenvalue weighted by Crippen LogP contribution is -2.51. The zero-order chi connectivity index (χ0) is 27.9. The second-order valence-electron chi connectivity index (χ2n) is 8.92. The van der Waals surface area contributed by atoms with Crippen molar-refractivity contribution < 1.29 is 18.0 Å². The lowest BCUT2D eigenvalue weighted by Gasteiger charge is -2.32. The van der Waals surface area contributed by atoms with Gasteiger partial charge < -0.3 is 10.2 Å². The highest BCUT2D eigenvalue weighted by Crippen LogP contribution is 2.26. The van der Waals surface area contributed by atoms with E-state index < -0.39 is 28.5 Å². The molecule has 3 rings (SSSR count). The van der Waals surface area contributed by atoms with E-state index in [1.54, 1.807) is 31.2 Å². The van der Waals surface area contributed by atoms with Crippen molar-refractivity contribution in [2.75, 3.05) is 17.4 Å². The molecule has 0 heterocycles. The number of nitrogens with one attached hydrogen (secondary N) is 1. The molecule has 202 valence electrons. The molecule has 3 aromatic carbocycles. The molecule has 0 aliphatic carbocycles. The highest BCUT2D eigenvalue weighted by molar-refractivity contribution is 9.10. The topological polar surface area (TPSA) is 86.8 Å². The Morgan fingerprint density at radius 1 is 1.03 bits per heavy atom. The van der Waals surface area contributed by atoms with Gasteiger partial charge in [0.2, 0.25) is 11.8 Å². The molecular weight excluding hydrogens is 590 g/mol. The summed E-state index contributed by atoms with van der Waals surface area (Å²) in [4.78, 5) is 28.1. The quantitative estimate of drug-likeness (QED) is 0.305. The Morgan fingerprint density at radius 3 is 2.29 bits per heavy atom. The van der Waals surface area contributed by atoms with E-state index >= 15 is 0 Å². The number of amides is 2. The maximum atomic E-state index is 13.8. The van der Waals surface area contributed by atoms with Crippen LogP contribution in [0.2, 0.25) is 5.02 Å². The van der Waals surface area contributed by atoms with Crippen LogP contribution in [0.1, 0.15) is 31.4 Å². The van der Waals surface area contributed by atoms with Gasteiger partial charge in [-0.2, -0.15) is 0 Å². The first-order valence-electron chi connectivity index (χ1n) is 12.2. The number of carbonyl (C=O) groups is 2. The molecule has 3 aromatic rings. The molecule has 7 nitrogen and oxygen atoms in total. The molecule has 0 aliphatic heterocycles. The summed E-state index contributed by atoms with van der Waals surface area (Å²) in [5.41, 5.74) is 2.08. The smallest absolute Gasteiger partial charge is 0.264 e. The first-order valence-corrected chi connectivity index (χ1v) is 14.8. The van der Waals surface area contributed by atoms with E-state index in [2.05, 4.69) is 21.2 Å². The Hall–Kier alpha value is -2.88. The van der Waals surface area contributed by atoms with Crippen molar-refractivity contribution in [3.8, 4) is 0 Å². The van der Waals surface area contributed by atoms with Crippen LogP contribution in [0, 0.1) is 6.92 Å². The summed E-state index contributed by atoms with van der Waals surface area (Å²) in [6, 6.07) is 19.3. The minimum atomic E-state index is -4.13. The van der Waals surface area contributed by atoms with Gasteiger partial charge in [0.25, 0.3) is 10.0 Å². The highest BCUT2D eigenvalue weighted by Gasteiger charge is 2.32. The van der Waals surface area contributed by atoms with Gasteiger partial charge in [0.15, 0.2) is 0 Å². The van der Waals surface area contributed by atoms with E-state index in [0.717, 1.165) is 26.3 Å². The lowest BCUT2D eigenvalue weighted by molar-refractivity contribution is -0.139. The second-order valence-corrected chi connectivity index (χ2v) is 12.1. The second kappa shape index (κ2) is 13.3. The molecule has 1 atom stereocenters. The normalized spacial score (nSPS) is 12.0. The van der Waals surface area contributed by atoms with Gasteiger partial charge in [-0.1, -0.05) is 64.3 Å². The first kappa shape index (κ1) is 29.7. The SMILES string of the molecule is CCCNC(=O)C(C)N(Cc1cccc(Br)c1)C(=O)CN(c1ccc(C)cc1)S(=O)(=O)c1ccc(Cl)cc1. The standard InChI is InChI=1S/C28H31BrClN3O4S/c1-4-16-31-28(35)21(3)32(18-22-6-5-7-23(29)17-22)27(34)19-33(25-12-8-20(2)9-13-25)38(36,37)26-14-10-24(30)11-15-26/h5-15,17,21H,4,16,18-19H2,1-3H3,(H,31,35). The van der Waals surface area contributed by atoms with Crippen molar-refractivity contribution in [2.24, 2.45) is 0 Å². The van der Waals surface area contributed by atoms with Gasteiger partial charge in [0, 0.05) is 22.6 Å². The molecule has 38 heavy (non-hydrogen) atoms. The molecule has 0 fully saturated rings. The van der Waals surface area contributed by atoms with Crippen LogP contribution in [0.15, 0.2) is 82.2 Å². The van der Waals surface area contributed by atoms with Crippen LogP contribution in [0.3, 0.4) is 0 Å². The van der Waals surface area contributed by atoms with Gasteiger partial charge in [-0.25, -0.2) is 8.42 Å². The molecule has 0 spiro atoms. The fraction of sp³-hybridized carbons (Fsp3) is 0.286. The fourth-order valence-electron chi connectivity index (χ4n) is 3.78. The molecule has 0 radical (unpaired) electrons. The zero-order valence-electron chi connectivity index (χ0n) is 21.5. The number of carbonyl (C=O) groups excluding carboxylic acids is 2. The van der Waals surface area contributed by atoms with Crippen LogP contribution >= 0.6 is 27.5 Å². The van der Waals surface area contributed by atoms with Crippen LogP contribution in [-0.2, 0) is 26.2 Å². The lowest BCUT2D eigenvalue weighted by atomic mass is 10.1. The van der Waals surface area contributed by atoms with Crippen molar-refractivity contribution in [3.05, 3.63) is 93.4 Å². The summed E-state index contributed by atoms with van der Waals surface area (Å²) < 4.78 is 29.4. The molecule has 2 amide bonds. The van der Waals surface area contributed by atoms with Crippen molar-refractivity contribution in [3.63, 3.8) is 0 Å². The maximum absolute atomic E-state index is 13.8. The minimum Gasteiger partial charge on any atom is -0.354 e. The molecule has 0 bridgehead atoms. The number of sulfonamides is 1. The molecular formula is C28H31BrClN3O4S. The van der Waals surface area contributed by atoms with Gasteiger partial charge in [-0.15, -0.1) is 0 Å². The average molecular weight is 621 g/mol. The number of rotatable bonds is 11. The third-order valence-electron chi connectivity index (χ3n) is 5.96. The van der Waals surface area contributed by atoms with Gasteiger partial charge in [-0.3, -0.25) is 13.9 Å². The molecule has 1 unspecified atom stereocenters. The van der Waals surface area contributed by atoms with Gasteiger partial charge >= 0.3 is 0 Å². The Bertz CT molecular complexity index is 1370. The van der Waals surface area contributed by atoms with E-state index in [9.17, 15) is 18.0 Å². The van der Waals surface area contributed by atoms with E-state index in [1.807, 2.05) is 38.1 Å². The fourth-order valence-corrected chi connectivity index (χ4v) is 5.77. The van der Waals surface area contributed by atoms with Crippen molar-refractivity contribution in [2.45, 2.75) is 44.7 Å². The third kappa shape index (κ3) is 7.58. The number of anilines is 1. The van der Waals surface area contributed by atoms with Crippen molar-refractivity contribution in [1.29, 1.82) is 0 Å². The van der Waals surface area contributed by atoms with Crippen LogP contribution < -0.4 is 9.62 Å². The first-order chi connectivity index (χ1) is 18.0. The van der Waals surface area contributed by atoms with Crippen LogP contribution in [0.25, 0.3) is 0 Å². The summed E-state index contributed by atoms with van der Waals surface area (Å²) >= 11 is 9.42. The number of nitrogens with zero attached hydrogens (tertiary/aromatic N) is 2. The summed E-state index contributed by atoms with van der Waals surface area (Å²) in [6.45, 7) is 5.59. The molecule has 0 aliphatic rings. The van der Waals surface area contributed by atoms with E-state index in [-0.39, 0.29) is 17.3 Å². The van der Waals surface area contributed by atoms with E-state index in [4.69, 9.17) is 11.6 Å². The zero-order valence-corrected chi connectivity index (χ0v) is 24.7. The molecule has 0 saturated heterocycles. The van der Waals surface area contributed by atoms with Gasteiger partial charge in [-0.05, 0) is 74.4 Å². The van der Waals surface area contributed by atoms with Gasteiger partial charge in [0.05, 0.1) is 10.6 Å². The Kier molecular flexibility index (Phi) is 10.4. The molecule has 0 aromatic heterocycles. The van der Waals surface area contributed by atoms with E-state index in [0.29, 0.717) is 17.3 Å². The van der Waals surface area contributed by atoms with Crippen molar-refractivity contribution in [1.82, 2.24) is 10.2 Å². The summed E-state index contributed by atoms with van der Waals surface area (Å²) in [5, 5.41) is 3.23. The number of benzene rings is 3. The molecule has 0 saturated carbocycles. The number of hydrogen-bond donors (Lipinski definition) is 1. The Balaban J connectivity index is 2.01. The minimum absolute atomic E-state index is 0.00236. The Labute approximate surface area is 238 Å². The predicted molar refractivity (Wildman–Crippen MR) is 155 cm³/mol. The monoisotopic (exact) mass is 619 g/mol. The summed E-state index contributed by atoms with van der Waals surface area (Å²) in [6.07, 6.45) is 0.749. The largest absolute Gasteiger partial charge is 0.354 e. The average Bonchev–Trinajstić information content (AvgIpc) is 2.89. The number of aryl methyl sites for hydroxylation is 1. The highest BCUT2D eigenvalue weighted by atomic mass is 79.9. The summed E-state index contributed by atoms with van der Waals surface area (Å²) in [5.74, 6) is -0.820. The maximum Gasteiger partial charge on any atom is 0.264 e. The summed E-state index contributed by atoms with van der Waals surface area (Å²) in [7, 11) is -4.13. The van der Waals surface area contributed by atoms with Crippen molar-refractivity contribution >= 4 is 55.1 Å². The van der Waals surface area contributed by atoms with Crippen LogP contribution in [0.5, 0.6) is 0 Å². The van der Waals surface area contributed by atoms with Crippen LogP contribution in [-0.4, -0.2) is 44.3 Å². The molecule has 1 N–H and O–H groups in total. The number of hydrogen-bond acceptors (Lipinski definition) is 4. The Morgan fingerprint density at radius 2 is 1.68 bits per heavy atom. The van der Waals surface area contributed by atoms with Gasteiger partial charge in [0.1, 0.15) is 12.6 Å². The predicted octanol–water partition coefficient (Wildman–Crippen LogP) is 5.55. The molecule has 10 heteroatoms. The van der Waals surface area contributed by atoms with Crippen LogP contribution in [0.4, 0.5) is 5.69 Å². The van der Waals surface area contributed by atoms with E-state index in [1.165, 1.54) is 29.2 Å².